The van der Waals surface area contributed by atoms with Crippen LogP contribution in [0.1, 0.15) is 12.0 Å². The predicted octanol–water partition coefficient (Wildman–Crippen LogP) is 2.04. The van der Waals surface area contributed by atoms with Crippen LogP contribution in [0.5, 0.6) is 0 Å². The number of benzene rings is 1. The van der Waals surface area contributed by atoms with Gasteiger partial charge in [0, 0.05) is 0 Å². The van der Waals surface area contributed by atoms with E-state index in [1.54, 1.807) is 6.08 Å². The Hall–Kier alpha value is -1.65. The Morgan fingerprint density at radius 3 is 2.69 bits per heavy atom. The molecule has 1 rings (SSSR count). The summed E-state index contributed by atoms with van der Waals surface area (Å²) in [6.45, 7) is 0. The highest BCUT2D eigenvalue weighted by molar-refractivity contribution is 5.72. The van der Waals surface area contributed by atoms with Crippen LogP contribution in [0.25, 0.3) is 6.08 Å². The van der Waals surface area contributed by atoms with Gasteiger partial charge in [0.05, 0.1) is 20.6 Å². The SMILES string of the molecule is CON(C)OC(=O)C/C=C/c1ccccc1. The number of nitrogens with zero attached hydrogens (tertiary/aromatic N) is 1. The van der Waals surface area contributed by atoms with Crippen molar-refractivity contribution in [3.05, 3.63) is 42.0 Å². The van der Waals surface area contributed by atoms with Crippen molar-refractivity contribution in [2.24, 2.45) is 0 Å². The third kappa shape index (κ3) is 4.72. The second-order valence-electron chi connectivity index (χ2n) is 3.10. The van der Waals surface area contributed by atoms with E-state index in [-0.39, 0.29) is 12.4 Å². The first kappa shape index (κ1) is 12.4. The topological polar surface area (TPSA) is 38.8 Å². The van der Waals surface area contributed by atoms with Gasteiger partial charge in [-0.1, -0.05) is 42.5 Å². The molecule has 0 radical (unpaired) electrons. The molecule has 0 saturated carbocycles. The molecule has 0 aliphatic rings. The molecule has 0 unspecified atom stereocenters. The lowest BCUT2D eigenvalue weighted by Gasteiger charge is -2.11. The van der Waals surface area contributed by atoms with E-state index in [2.05, 4.69) is 4.84 Å². The molecule has 0 fully saturated rings. The maximum atomic E-state index is 11.2. The van der Waals surface area contributed by atoms with Crippen LogP contribution in [0.15, 0.2) is 36.4 Å². The van der Waals surface area contributed by atoms with Gasteiger partial charge in [-0.2, -0.15) is 0 Å². The predicted molar refractivity (Wildman–Crippen MR) is 61.0 cm³/mol. The number of hydrogen-bond donors (Lipinski definition) is 0. The van der Waals surface area contributed by atoms with E-state index in [9.17, 15) is 4.79 Å². The number of hydrogen-bond acceptors (Lipinski definition) is 4. The van der Waals surface area contributed by atoms with Crippen molar-refractivity contribution < 1.29 is 14.5 Å². The fourth-order valence-electron chi connectivity index (χ4n) is 1.07. The molecule has 0 spiro atoms. The lowest BCUT2D eigenvalue weighted by molar-refractivity contribution is -0.317. The zero-order valence-corrected chi connectivity index (χ0v) is 9.42. The van der Waals surface area contributed by atoms with Gasteiger partial charge in [0.2, 0.25) is 0 Å². The van der Waals surface area contributed by atoms with Crippen LogP contribution < -0.4 is 0 Å². The van der Waals surface area contributed by atoms with Gasteiger partial charge in [0.15, 0.2) is 0 Å². The highest BCUT2D eigenvalue weighted by atomic mass is 17.0. The van der Waals surface area contributed by atoms with E-state index in [4.69, 9.17) is 4.84 Å². The van der Waals surface area contributed by atoms with Gasteiger partial charge in [-0.15, -0.1) is 0 Å². The van der Waals surface area contributed by atoms with E-state index >= 15 is 0 Å². The van der Waals surface area contributed by atoms with E-state index in [0.29, 0.717) is 0 Å². The van der Waals surface area contributed by atoms with Crippen LogP contribution in [0.3, 0.4) is 0 Å². The summed E-state index contributed by atoms with van der Waals surface area (Å²) in [5.41, 5.74) is 1.05. The Morgan fingerprint density at radius 2 is 2.06 bits per heavy atom. The minimum atomic E-state index is -0.364. The average molecular weight is 221 g/mol. The van der Waals surface area contributed by atoms with Crippen molar-refractivity contribution >= 4 is 12.0 Å². The van der Waals surface area contributed by atoms with E-state index in [1.165, 1.54) is 14.2 Å². The second kappa shape index (κ2) is 6.76. The molecule has 0 atom stereocenters. The highest BCUT2D eigenvalue weighted by Gasteiger charge is 2.03. The largest absolute Gasteiger partial charge is 0.342 e. The quantitative estimate of drug-likeness (QED) is 0.713. The Balaban J connectivity index is 2.34. The van der Waals surface area contributed by atoms with Crippen molar-refractivity contribution in [3.8, 4) is 0 Å². The van der Waals surface area contributed by atoms with Gasteiger partial charge in [-0.05, 0) is 10.8 Å². The van der Waals surface area contributed by atoms with Crippen LogP contribution in [0.4, 0.5) is 0 Å². The molecule has 4 heteroatoms. The summed E-state index contributed by atoms with van der Waals surface area (Å²) in [7, 11) is 2.94. The Kier molecular flexibility index (Phi) is 5.25. The number of carbonyl (C=O) groups excluding carboxylic acids is 1. The van der Waals surface area contributed by atoms with Crippen molar-refractivity contribution in [2.75, 3.05) is 14.2 Å². The molecule has 86 valence electrons. The molecule has 0 aromatic heterocycles. The van der Waals surface area contributed by atoms with E-state index in [1.807, 2.05) is 36.4 Å². The minimum Gasteiger partial charge on any atom is -0.342 e. The normalized spacial score (nSPS) is 10.9. The lowest BCUT2D eigenvalue weighted by atomic mass is 10.2. The molecule has 0 aliphatic heterocycles. The zero-order valence-electron chi connectivity index (χ0n) is 9.42. The molecular weight excluding hydrogens is 206 g/mol. The van der Waals surface area contributed by atoms with Gasteiger partial charge in [-0.3, -0.25) is 4.84 Å². The molecule has 4 nitrogen and oxygen atoms in total. The highest BCUT2D eigenvalue weighted by Crippen LogP contribution is 2.02. The Labute approximate surface area is 95.0 Å². The van der Waals surface area contributed by atoms with Gasteiger partial charge >= 0.3 is 5.97 Å². The second-order valence-corrected chi connectivity index (χ2v) is 3.10. The van der Waals surface area contributed by atoms with Gasteiger partial charge in [0.25, 0.3) is 0 Å². The van der Waals surface area contributed by atoms with Crippen molar-refractivity contribution in [2.45, 2.75) is 6.42 Å². The van der Waals surface area contributed by atoms with Crippen molar-refractivity contribution in [3.63, 3.8) is 0 Å². The van der Waals surface area contributed by atoms with E-state index in [0.717, 1.165) is 10.8 Å². The first-order chi connectivity index (χ1) is 7.72. The average Bonchev–Trinajstić information content (AvgIpc) is 2.30. The van der Waals surface area contributed by atoms with E-state index < -0.39 is 0 Å². The number of hydroxylamine groups is 2. The molecular formula is C12H15NO3. The Bertz CT molecular complexity index is 349. The smallest absolute Gasteiger partial charge is 0.331 e. The summed E-state index contributed by atoms with van der Waals surface area (Å²) in [6, 6.07) is 9.75. The zero-order chi connectivity index (χ0) is 11.8. The monoisotopic (exact) mass is 221 g/mol. The Morgan fingerprint density at radius 1 is 1.38 bits per heavy atom. The van der Waals surface area contributed by atoms with Crippen LogP contribution in [0.2, 0.25) is 0 Å². The van der Waals surface area contributed by atoms with Gasteiger partial charge < -0.3 is 4.84 Å². The lowest BCUT2D eigenvalue weighted by Crippen LogP contribution is -2.21. The molecule has 16 heavy (non-hydrogen) atoms. The van der Waals surface area contributed by atoms with Crippen LogP contribution in [-0.2, 0) is 14.5 Å². The molecule has 0 aliphatic carbocycles. The molecule has 0 heterocycles. The summed E-state index contributed by atoms with van der Waals surface area (Å²) < 4.78 is 0. The summed E-state index contributed by atoms with van der Waals surface area (Å²) in [5, 5.41) is 1.01. The maximum Gasteiger partial charge on any atom is 0.331 e. The van der Waals surface area contributed by atoms with Crippen molar-refractivity contribution in [1.29, 1.82) is 0 Å². The molecule has 0 bridgehead atoms. The van der Waals surface area contributed by atoms with Crippen LogP contribution in [-0.4, -0.2) is 25.4 Å². The fourth-order valence-corrected chi connectivity index (χ4v) is 1.07. The molecule has 0 amide bonds. The van der Waals surface area contributed by atoms with Crippen LogP contribution >= 0.6 is 0 Å². The van der Waals surface area contributed by atoms with Crippen LogP contribution in [0, 0.1) is 0 Å². The summed E-state index contributed by atoms with van der Waals surface area (Å²) >= 11 is 0. The first-order valence-electron chi connectivity index (χ1n) is 4.92. The standard InChI is InChI=1S/C12H15NO3/c1-13(15-2)16-12(14)10-6-9-11-7-4-3-5-8-11/h3-9H,10H2,1-2H3/b9-6+. The summed E-state index contributed by atoms with van der Waals surface area (Å²) in [4.78, 5) is 20.6. The molecule has 0 N–H and O–H groups in total. The summed E-state index contributed by atoms with van der Waals surface area (Å²) in [6.07, 6.45) is 3.83. The molecule has 0 saturated heterocycles. The summed E-state index contributed by atoms with van der Waals surface area (Å²) in [5.74, 6) is -0.364. The van der Waals surface area contributed by atoms with Gasteiger partial charge in [0.1, 0.15) is 0 Å². The third-order valence-electron chi connectivity index (χ3n) is 1.88. The van der Waals surface area contributed by atoms with Crippen molar-refractivity contribution in [1.82, 2.24) is 5.23 Å². The molecule has 1 aromatic carbocycles. The molecule has 1 aromatic rings. The third-order valence-corrected chi connectivity index (χ3v) is 1.88. The minimum absolute atomic E-state index is 0.211. The maximum absolute atomic E-state index is 11.2. The number of carbonyl (C=O) groups is 1. The van der Waals surface area contributed by atoms with Gasteiger partial charge in [-0.25, -0.2) is 4.79 Å². The number of rotatable bonds is 5. The first-order valence-corrected chi connectivity index (χ1v) is 4.92. The fraction of sp³-hybridized carbons (Fsp3) is 0.250.